The summed E-state index contributed by atoms with van der Waals surface area (Å²) >= 11 is 0. The molecule has 4 aromatic carbocycles. The maximum atomic E-state index is 14.1. The normalized spacial score (nSPS) is 15.0. The first-order valence-electron chi connectivity index (χ1n) is 12.7. The van der Waals surface area contributed by atoms with Crippen molar-refractivity contribution in [2.24, 2.45) is 0 Å². The predicted molar refractivity (Wildman–Crippen MR) is 146 cm³/mol. The molecule has 1 aliphatic rings. The van der Waals surface area contributed by atoms with Crippen LogP contribution in [0.3, 0.4) is 0 Å². The molecular formula is C32H27N3O3. The SMILES string of the molecule is O=C(O)[C@@H]1Cc2c(ncn2Cc2ccc3ccccc3c2)CN1C(=O)C(c1ccccc1)c1ccccc1. The summed E-state index contributed by atoms with van der Waals surface area (Å²) < 4.78 is 2.02. The molecule has 1 aliphatic heterocycles. The van der Waals surface area contributed by atoms with Crippen molar-refractivity contribution in [3.8, 4) is 0 Å². The van der Waals surface area contributed by atoms with Gasteiger partial charge in [0.1, 0.15) is 6.04 Å². The smallest absolute Gasteiger partial charge is 0.326 e. The molecule has 2 heterocycles. The van der Waals surface area contributed by atoms with Crippen molar-refractivity contribution >= 4 is 22.6 Å². The van der Waals surface area contributed by atoms with E-state index >= 15 is 0 Å². The first-order chi connectivity index (χ1) is 18.6. The van der Waals surface area contributed by atoms with Crippen LogP contribution in [0.1, 0.15) is 34.0 Å². The van der Waals surface area contributed by atoms with Crippen LogP contribution in [0.25, 0.3) is 10.8 Å². The molecule has 0 saturated heterocycles. The Bertz CT molecular complexity index is 1570. The Morgan fingerprint density at radius 3 is 2.13 bits per heavy atom. The molecule has 0 fully saturated rings. The highest BCUT2D eigenvalue weighted by Crippen LogP contribution is 2.32. The molecule has 1 amide bonds. The Morgan fingerprint density at radius 1 is 0.842 bits per heavy atom. The lowest BCUT2D eigenvalue weighted by Crippen LogP contribution is -2.50. The Balaban J connectivity index is 1.32. The summed E-state index contributed by atoms with van der Waals surface area (Å²) in [5.74, 6) is -1.84. The Morgan fingerprint density at radius 2 is 1.47 bits per heavy atom. The van der Waals surface area contributed by atoms with Crippen molar-refractivity contribution in [1.29, 1.82) is 0 Å². The van der Waals surface area contributed by atoms with Gasteiger partial charge < -0.3 is 14.6 Å². The fraction of sp³-hybridized carbons (Fsp3) is 0.156. The third-order valence-corrected chi connectivity index (χ3v) is 7.36. The number of amides is 1. The number of hydrogen-bond acceptors (Lipinski definition) is 3. The van der Waals surface area contributed by atoms with Gasteiger partial charge in [0.25, 0.3) is 0 Å². The average molecular weight is 502 g/mol. The number of aromatic nitrogens is 2. The zero-order valence-electron chi connectivity index (χ0n) is 20.8. The minimum absolute atomic E-state index is 0.159. The maximum Gasteiger partial charge on any atom is 0.326 e. The van der Waals surface area contributed by atoms with Gasteiger partial charge in [-0.2, -0.15) is 0 Å². The van der Waals surface area contributed by atoms with Gasteiger partial charge in [0, 0.05) is 18.7 Å². The lowest BCUT2D eigenvalue weighted by atomic mass is 9.88. The highest BCUT2D eigenvalue weighted by atomic mass is 16.4. The quantitative estimate of drug-likeness (QED) is 0.345. The Hall–Kier alpha value is -4.71. The van der Waals surface area contributed by atoms with E-state index in [1.54, 1.807) is 6.33 Å². The number of carbonyl (C=O) groups excluding carboxylic acids is 1. The van der Waals surface area contributed by atoms with Gasteiger partial charge in [-0.25, -0.2) is 9.78 Å². The maximum absolute atomic E-state index is 14.1. The molecule has 1 N–H and O–H groups in total. The number of aliphatic carboxylic acids is 1. The molecule has 0 spiro atoms. The van der Waals surface area contributed by atoms with Gasteiger partial charge >= 0.3 is 5.97 Å². The highest BCUT2D eigenvalue weighted by molar-refractivity contribution is 5.91. The number of nitrogens with zero attached hydrogens (tertiary/aromatic N) is 3. The zero-order chi connectivity index (χ0) is 26.1. The molecule has 6 nitrogen and oxygen atoms in total. The number of benzene rings is 4. The van der Waals surface area contributed by atoms with E-state index in [1.165, 1.54) is 10.3 Å². The molecular weight excluding hydrogens is 474 g/mol. The van der Waals surface area contributed by atoms with Crippen molar-refractivity contribution < 1.29 is 14.7 Å². The number of carbonyl (C=O) groups is 2. The second-order valence-corrected chi connectivity index (χ2v) is 9.73. The van der Waals surface area contributed by atoms with Gasteiger partial charge in [-0.1, -0.05) is 97.1 Å². The van der Waals surface area contributed by atoms with Crippen molar-refractivity contribution in [3.63, 3.8) is 0 Å². The van der Waals surface area contributed by atoms with Crippen LogP contribution in [0.5, 0.6) is 0 Å². The third-order valence-electron chi connectivity index (χ3n) is 7.36. The fourth-order valence-corrected chi connectivity index (χ4v) is 5.44. The summed E-state index contributed by atoms with van der Waals surface area (Å²) in [6.45, 7) is 0.746. The molecule has 0 aliphatic carbocycles. The molecule has 38 heavy (non-hydrogen) atoms. The van der Waals surface area contributed by atoms with Gasteiger partial charge in [-0.3, -0.25) is 4.79 Å². The molecule has 6 rings (SSSR count). The van der Waals surface area contributed by atoms with E-state index in [2.05, 4.69) is 35.3 Å². The van der Waals surface area contributed by atoms with Crippen LogP contribution in [0, 0.1) is 0 Å². The number of carboxylic acid groups (broad SMARTS) is 1. The minimum atomic E-state index is -1.01. The van der Waals surface area contributed by atoms with Crippen LogP contribution in [0.15, 0.2) is 109 Å². The number of hydrogen-bond donors (Lipinski definition) is 1. The van der Waals surface area contributed by atoms with E-state index in [4.69, 9.17) is 0 Å². The van der Waals surface area contributed by atoms with Gasteiger partial charge in [0.05, 0.1) is 24.5 Å². The van der Waals surface area contributed by atoms with E-state index in [0.717, 1.165) is 33.5 Å². The molecule has 1 aromatic heterocycles. The minimum Gasteiger partial charge on any atom is -0.480 e. The lowest BCUT2D eigenvalue weighted by molar-refractivity contribution is -0.151. The molecule has 5 aromatic rings. The first kappa shape index (κ1) is 23.7. The van der Waals surface area contributed by atoms with Crippen molar-refractivity contribution in [2.45, 2.75) is 31.5 Å². The number of fused-ring (bicyclic) bond motifs is 2. The van der Waals surface area contributed by atoms with E-state index in [9.17, 15) is 14.7 Å². The average Bonchev–Trinajstić information content (AvgIpc) is 3.35. The van der Waals surface area contributed by atoms with Crippen molar-refractivity contribution in [3.05, 3.63) is 138 Å². The summed E-state index contributed by atoms with van der Waals surface area (Å²) in [5, 5.41) is 12.6. The molecule has 0 bridgehead atoms. The molecule has 188 valence electrons. The van der Waals surface area contributed by atoms with E-state index in [1.807, 2.05) is 77.4 Å². The molecule has 6 heteroatoms. The number of carboxylic acids is 1. The first-order valence-corrected chi connectivity index (χ1v) is 12.7. The van der Waals surface area contributed by atoms with E-state index < -0.39 is 17.9 Å². The second-order valence-electron chi connectivity index (χ2n) is 9.73. The van der Waals surface area contributed by atoms with Gasteiger partial charge in [-0.15, -0.1) is 0 Å². The summed E-state index contributed by atoms with van der Waals surface area (Å²) in [5.41, 5.74) is 4.39. The Kier molecular flexibility index (Phi) is 6.22. The lowest BCUT2D eigenvalue weighted by Gasteiger charge is -2.35. The third kappa shape index (κ3) is 4.45. The molecule has 0 radical (unpaired) electrons. The van der Waals surface area contributed by atoms with Crippen LogP contribution in [0.2, 0.25) is 0 Å². The topological polar surface area (TPSA) is 75.4 Å². The number of rotatable bonds is 6. The molecule has 1 atom stereocenters. The van der Waals surface area contributed by atoms with Gasteiger partial charge in [0.2, 0.25) is 5.91 Å². The Labute approximate surface area is 220 Å². The van der Waals surface area contributed by atoms with Crippen LogP contribution >= 0.6 is 0 Å². The van der Waals surface area contributed by atoms with Gasteiger partial charge in [-0.05, 0) is 33.5 Å². The summed E-state index contributed by atoms with van der Waals surface area (Å²) in [6, 6.07) is 32.6. The fourth-order valence-electron chi connectivity index (χ4n) is 5.44. The monoisotopic (exact) mass is 501 g/mol. The van der Waals surface area contributed by atoms with Crippen LogP contribution in [-0.2, 0) is 29.1 Å². The molecule has 0 saturated carbocycles. The number of imidazole rings is 1. The summed E-state index contributed by atoms with van der Waals surface area (Å²) in [4.78, 5) is 32.7. The van der Waals surface area contributed by atoms with E-state index in [-0.39, 0.29) is 18.9 Å². The van der Waals surface area contributed by atoms with Crippen LogP contribution in [0.4, 0.5) is 0 Å². The van der Waals surface area contributed by atoms with Crippen LogP contribution < -0.4 is 0 Å². The van der Waals surface area contributed by atoms with Crippen molar-refractivity contribution in [2.75, 3.05) is 0 Å². The summed E-state index contributed by atoms with van der Waals surface area (Å²) in [7, 11) is 0. The largest absolute Gasteiger partial charge is 0.480 e. The summed E-state index contributed by atoms with van der Waals surface area (Å²) in [6.07, 6.45) is 1.97. The molecule has 0 unspecified atom stereocenters. The van der Waals surface area contributed by atoms with E-state index in [0.29, 0.717) is 6.54 Å². The van der Waals surface area contributed by atoms with Crippen LogP contribution in [-0.4, -0.2) is 37.5 Å². The standard InChI is InChI=1S/C32H27N3O3/c36-31(30(24-10-3-1-4-11-24)25-12-5-2-6-13-25)35-20-27-28(18-29(35)32(37)38)34(21-33-27)19-22-15-16-23-9-7-8-14-26(23)17-22/h1-17,21,29-30H,18-20H2,(H,37,38)/t29-/m0/s1. The van der Waals surface area contributed by atoms with Crippen molar-refractivity contribution in [1.82, 2.24) is 14.5 Å². The highest BCUT2D eigenvalue weighted by Gasteiger charge is 2.40. The second kappa shape index (κ2) is 9.98. The zero-order valence-corrected chi connectivity index (χ0v) is 20.8. The predicted octanol–water partition coefficient (Wildman–Crippen LogP) is 5.25. The van der Waals surface area contributed by atoms with Gasteiger partial charge in [0.15, 0.2) is 0 Å².